The van der Waals surface area contributed by atoms with Crippen LogP contribution in [0, 0.1) is 0 Å². The molecule has 0 unspecified atom stereocenters. The summed E-state index contributed by atoms with van der Waals surface area (Å²) in [6.07, 6.45) is 0.0463. The maximum Gasteiger partial charge on any atom is 0.526 e. The number of carboxylic acid groups (broad SMARTS) is 1. The largest absolute Gasteiger partial charge is 0.535 e. The van der Waals surface area contributed by atoms with E-state index in [-0.39, 0.29) is 35.6 Å². The quantitative estimate of drug-likeness (QED) is 0.142. The molecule has 1 aromatic heterocycles. The van der Waals surface area contributed by atoms with Crippen molar-refractivity contribution >= 4 is 41.1 Å². The number of nitrogens with zero attached hydrogens (tertiary/aromatic N) is 3. The van der Waals surface area contributed by atoms with Gasteiger partial charge in [-0.3, -0.25) is 4.79 Å². The monoisotopic (exact) mass is 461 g/mol. The predicted octanol–water partition coefficient (Wildman–Crippen LogP) is 0.188. The number of Topliss-reactive ketones (excluding diaryl/α,β-unsaturated/α-hetero) is 1. The molecule has 3 rings (SSSR count). The Bertz CT molecular complexity index is 1010. The highest BCUT2D eigenvalue weighted by molar-refractivity contribution is 7.14. The summed E-state index contributed by atoms with van der Waals surface area (Å²) in [6, 6.07) is 4.64. The molecule has 0 aliphatic carbocycles. The first kappa shape index (κ1) is 23.7. The number of oxime groups is 1. The smallest absolute Gasteiger partial charge is 0.526 e. The van der Waals surface area contributed by atoms with Crippen LogP contribution < -0.4 is 21.0 Å². The Hall–Kier alpha value is -3.00. The maximum absolute atomic E-state index is 12.9. The molecule has 0 fully saturated rings. The summed E-state index contributed by atoms with van der Waals surface area (Å²) in [6.45, 7) is 1.87. The molecule has 2 heterocycles. The van der Waals surface area contributed by atoms with Crippen LogP contribution in [0.25, 0.3) is 0 Å². The van der Waals surface area contributed by atoms with Crippen molar-refractivity contribution in [2.45, 2.75) is 18.7 Å². The molecule has 11 nitrogen and oxygen atoms in total. The predicted molar refractivity (Wildman–Crippen MR) is 120 cm³/mol. The van der Waals surface area contributed by atoms with Crippen molar-refractivity contribution in [2.24, 2.45) is 16.6 Å². The SMILES string of the molecule is NCCN(CCN)c1nc(/C(=N/O)C(=O)C[C@H]2Cc3cccc(C(=O)O)c3OB2O)cs1. The molecule has 1 aromatic carbocycles. The summed E-state index contributed by atoms with van der Waals surface area (Å²) in [5.74, 6) is -2.26. The third-order valence-electron chi connectivity index (χ3n) is 5.07. The molecule has 0 saturated heterocycles. The van der Waals surface area contributed by atoms with E-state index in [9.17, 15) is 24.9 Å². The van der Waals surface area contributed by atoms with Crippen molar-refractivity contribution in [3.8, 4) is 5.75 Å². The maximum atomic E-state index is 12.9. The van der Waals surface area contributed by atoms with Crippen LogP contribution in [-0.4, -0.2) is 71.1 Å². The van der Waals surface area contributed by atoms with E-state index in [1.807, 2.05) is 4.90 Å². The van der Waals surface area contributed by atoms with E-state index < -0.39 is 24.7 Å². The van der Waals surface area contributed by atoms with E-state index in [1.165, 1.54) is 17.4 Å². The molecule has 32 heavy (non-hydrogen) atoms. The minimum Gasteiger partial charge on any atom is -0.535 e. The topological polar surface area (TPSA) is 185 Å². The third-order valence-corrected chi connectivity index (χ3v) is 5.97. The number of ketones is 1. The van der Waals surface area contributed by atoms with Crippen LogP contribution >= 0.6 is 11.3 Å². The molecule has 1 aliphatic heterocycles. The lowest BCUT2D eigenvalue weighted by Gasteiger charge is -2.27. The highest BCUT2D eigenvalue weighted by Gasteiger charge is 2.38. The Morgan fingerprint density at radius 2 is 2.03 bits per heavy atom. The average Bonchev–Trinajstić information content (AvgIpc) is 3.23. The fraction of sp³-hybridized carbons (Fsp3) is 0.368. The number of benzene rings is 1. The first-order valence-electron chi connectivity index (χ1n) is 9.95. The van der Waals surface area contributed by atoms with Gasteiger partial charge in [0, 0.05) is 43.8 Å². The zero-order chi connectivity index (χ0) is 23.3. The Morgan fingerprint density at radius 1 is 1.31 bits per heavy atom. The van der Waals surface area contributed by atoms with E-state index in [0.29, 0.717) is 36.9 Å². The highest BCUT2D eigenvalue weighted by atomic mass is 32.1. The molecule has 0 bridgehead atoms. The van der Waals surface area contributed by atoms with E-state index >= 15 is 0 Å². The van der Waals surface area contributed by atoms with Crippen molar-refractivity contribution in [1.82, 2.24) is 4.98 Å². The number of nitrogens with two attached hydrogens (primary N) is 2. The van der Waals surface area contributed by atoms with Gasteiger partial charge in [-0.2, -0.15) is 0 Å². The number of rotatable bonds is 10. The molecule has 0 amide bonds. The minimum absolute atomic E-state index is 0.0570. The summed E-state index contributed by atoms with van der Waals surface area (Å²) < 4.78 is 5.42. The number of hydrogen-bond donors (Lipinski definition) is 5. The number of thiazole rings is 1. The minimum atomic E-state index is -1.39. The van der Waals surface area contributed by atoms with Gasteiger partial charge in [0.1, 0.15) is 11.4 Å². The molecule has 170 valence electrons. The van der Waals surface area contributed by atoms with Crippen LogP contribution in [0.1, 0.15) is 28.0 Å². The van der Waals surface area contributed by atoms with Crippen LogP contribution in [-0.2, 0) is 11.2 Å². The number of carbonyl (C=O) groups excluding carboxylic acids is 1. The number of anilines is 1. The number of para-hydroxylation sites is 1. The number of carboxylic acids is 1. The van der Waals surface area contributed by atoms with E-state index in [0.717, 1.165) is 0 Å². The number of fused-ring (bicyclic) bond motifs is 1. The summed E-state index contributed by atoms with van der Waals surface area (Å²) in [7, 11) is -1.39. The first-order valence-corrected chi connectivity index (χ1v) is 10.8. The van der Waals surface area contributed by atoms with Gasteiger partial charge < -0.3 is 36.4 Å². The lowest BCUT2D eigenvalue weighted by Crippen LogP contribution is -2.37. The lowest BCUT2D eigenvalue weighted by atomic mass is 9.64. The normalized spacial score (nSPS) is 15.8. The lowest BCUT2D eigenvalue weighted by molar-refractivity contribution is -0.113. The van der Waals surface area contributed by atoms with E-state index in [2.05, 4.69) is 10.1 Å². The Balaban J connectivity index is 1.75. The van der Waals surface area contributed by atoms with Crippen LogP contribution in [0.3, 0.4) is 0 Å². The second kappa shape index (κ2) is 10.5. The Labute approximate surface area is 188 Å². The molecule has 0 saturated carbocycles. The number of aromatic nitrogens is 1. The second-order valence-corrected chi connectivity index (χ2v) is 8.06. The van der Waals surface area contributed by atoms with Gasteiger partial charge in [0.05, 0.1) is 5.56 Å². The van der Waals surface area contributed by atoms with Crippen LogP contribution in [0.4, 0.5) is 5.13 Å². The highest BCUT2D eigenvalue weighted by Crippen LogP contribution is 2.36. The first-order chi connectivity index (χ1) is 15.4. The van der Waals surface area contributed by atoms with Gasteiger partial charge in [0.25, 0.3) is 0 Å². The second-order valence-electron chi connectivity index (χ2n) is 7.23. The molecule has 0 radical (unpaired) electrons. The zero-order valence-electron chi connectivity index (χ0n) is 17.2. The standard InChI is InChI=1S/C19H24BN5O6S/c21-4-6-25(7-5-22)19-23-14(10-32-19)16(24-30)15(26)9-12-8-11-2-1-3-13(18(27)28)17(11)31-20(12)29/h1-3,10,12,29-30H,4-9,21-22H2,(H,27,28)/b24-16-/t12-/m1/s1. The summed E-state index contributed by atoms with van der Waals surface area (Å²) >= 11 is 1.27. The molecule has 0 spiro atoms. The van der Waals surface area contributed by atoms with Gasteiger partial charge in [-0.05, 0) is 18.1 Å². The Morgan fingerprint density at radius 3 is 2.66 bits per heavy atom. The van der Waals surface area contributed by atoms with Gasteiger partial charge in [-0.15, -0.1) is 11.3 Å². The Kier molecular flexibility index (Phi) is 7.80. The van der Waals surface area contributed by atoms with Crippen molar-refractivity contribution in [2.75, 3.05) is 31.1 Å². The fourth-order valence-corrected chi connectivity index (χ4v) is 4.41. The van der Waals surface area contributed by atoms with E-state index in [1.54, 1.807) is 17.5 Å². The van der Waals surface area contributed by atoms with Gasteiger partial charge in [0.15, 0.2) is 16.6 Å². The molecule has 7 N–H and O–H groups in total. The van der Waals surface area contributed by atoms with Crippen molar-refractivity contribution < 1.29 is 29.6 Å². The van der Waals surface area contributed by atoms with Gasteiger partial charge in [-0.25, -0.2) is 9.78 Å². The average molecular weight is 461 g/mol. The van der Waals surface area contributed by atoms with Crippen molar-refractivity contribution in [1.29, 1.82) is 0 Å². The summed E-state index contributed by atoms with van der Waals surface area (Å²) in [5, 5.41) is 34.5. The van der Waals surface area contributed by atoms with Gasteiger partial charge in [-0.1, -0.05) is 17.3 Å². The summed E-state index contributed by atoms with van der Waals surface area (Å²) in [4.78, 5) is 30.5. The third kappa shape index (κ3) is 5.07. The van der Waals surface area contributed by atoms with Gasteiger partial charge in [0.2, 0.25) is 0 Å². The fourth-order valence-electron chi connectivity index (χ4n) is 3.54. The van der Waals surface area contributed by atoms with Crippen LogP contribution in [0.15, 0.2) is 28.7 Å². The molecular formula is C19H24BN5O6S. The number of carbonyl (C=O) groups is 2. The zero-order valence-corrected chi connectivity index (χ0v) is 18.0. The molecule has 13 heteroatoms. The number of aromatic carboxylic acids is 1. The molecule has 1 aliphatic rings. The van der Waals surface area contributed by atoms with Gasteiger partial charge >= 0.3 is 13.1 Å². The summed E-state index contributed by atoms with van der Waals surface area (Å²) in [5.41, 5.74) is 11.7. The van der Waals surface area contributed by atoms with Crippen molar-refractivity contribution in [3.05, 3.63) is 40.4 Å². The van der Waals surface area contributed by atoms with Crippen LogP contribution in [0.2, 0.25) is 5.82 Å². The molecular weight excluding hydrogens is 437 g/mol. The van der Waals surface area contributed by atoms with Crippen LogP contribution in [0.5, 0.6) is 5.75 Å². The van der Waals surface area contributed by atoms with E-state index in [4.69, 9.17) is 16.1 Å². The van der Waals surface area contributed by atoms with Crippen molar-refractivity contribution in [3.63, 3.8) is 0 Å². The molecule has 2 aromatic rings. The molecule has 1 atom stereocenters. The number of hydrogen-bond acceptors (Lipinski definition) is 11.